The van der Waals surface area contributed by atoms with E-state index in [1.54, 1.807) is 17.0 Å². The molecule has 8 nitrogen and oxygen atoms in total. The van der Waals surface area contributed by atoms with Crippen molar-refractivity contribution in [2.45, 2.75) is 6.61 Å². The largest absolute Gasteiger partial charge is 0.493 e. The molecule has 184 valence electrons. The minimum Gasteiger partial charge on any atom is -0.493 e. The van der Waals surface area contributed by atoms with Gasteiger partial charge in [-0.25, -0.2) is 0 Å². The molecule has 0 unspecified atom stereocenters. The number of nitrogens with zero attached hydrogens (tertiary/aromatic N) is 2. The number of ether oxygens (including phenoxy) is 3. The fourth-order valence-electron chi connectivity index (χ4n) is 3.55. The number of carbonyl (C=O) groups excluding carboxylic acids is 3. The number of morpholine rings is 1. The summed E-state index contributed by atoms with van der Waals surface area (Å²) in [5.41, 5.74) is 1.62. The van der Waals surface area contributed by atoms with Crippen molar-refractivity contribution in [2.24, 2.45) is 0 Å². The molecule has 2 fully saturated rings. The zero-order valence-corrected chi connectivity index (χ0v) is 22.8. The van der Waals surface area contributed by atoms with E-state index >= 15 is 0 Å². The maximum absolute atomic E-state index is 13.0. The molecule has 0 spiro atoms. The van der Waals surface area contributed by atoms with Crippen molar-refractivity contribution in [1.82, 2.24) is 9.80 Å². The Labute approximate surface area is 223 Å². The lowest BCUT2D eigenvalue weighted by molar-refractivity contribution is -0.139. The third-order valence-electron chi connectivity index (χ3n) is 5.42. The van der Waals surface area contributed by atoms with E-state index < -0.39 is 11.1 Å². The summed E-state index contributed by atoms with van der Waals surface area (Å²) in [5, 5.41) is -0.479. The monoisotopic (exact) mass is 624 g/mol. The number of methoxy groups -OCH3 is 1. The van der Waals surface area contributed by atoms with Crippen LogP contribution in [0.25, 0.3) is 6.08 Å². The standard InChI is InChI=1S/C24H22Br2N2O6S/c1-32-17-11-16(20(25)21(26)22(17)34-14-15-5-3-2-4-6-15)12-18-23(30)28(24(31)35-18)13-19(29)27-7-9-33-10-8-27/h2-6,11-12H,7-10,13-14H2,1H3/b18-12-. The number of thioether (sulfide) groups is 1. The smallest absolute Gasteiger partial charge is 0.294 e. The van der Waals surface area contributed by atoms with Gasteiger partial charge in [-0.05, 0) is 66.9 Å². The molecule has 2 aromatic carbocycles. The van der Waals surface area contributed by atoms with Gasteiger partial charge in [-0.2, -0.15) is 0 Å². The predicted molar refractivity (Wildman–Crippen MR) is 139 cm³/mol. The summed E-state index contributed by atoms with van der Waals surface area (Å²) in [6.07, 6.45) is 1.60. The van der Waals surface area contributed by atoms with Crippen molar-refractivity contribution in [1.29, 1.82) is 0 Å². The Morgan fingerprint density at radius 3 is 2.54 bits per heavy atom. The van der Waals surface area contributed by atoms with Gasteiger partial charge in [0.1, 0.15) is 13.2 Å². The Hall–Kier alpha value is -2.34. The minimum atomic E-state index is -0.506. The van der Waals surface area contributed by atoms with Gasteiger partial charge < -0.3 is 19.1 Å². The quantitative estimate of drug-likeness (QED) is 0.413. The zero-order chi connectivity index (χ0) is 24.9. The molecule has 0 aliphatic carbocycles. The molecule has 2 heterocycles. The molecular weight excluding hydrogens is 604 g/mol. The van der Waals surface area contributed by atoms with E-state index in [2.05, 4.69) is 31.9 Å². The van der Waals surface area contributed by atoms with Gasteiger partial charge in [-0.3, -0.25) is 19.3 Å². The summed E-state index contributed by atoms with van der Waals surface area (Å²) >= 11 is 7.90. The van der Waals surface area contributed by atoms with Gasteiger partial charge >= 0.3 is 0 Å². The molecule has 0 aromatic heterocycles. The molecule has 0 saturated carbocycles. The minimum absolute atomic E-state index is 0.220. The molecule has 35 heavy (non-hydrogen) atoms. The van der Waals surface area contributed by atoms with E-state index in [-0.39, 0.29) is 17.4 Å². The fourth-order valence-corrected chi connectivity index (χ4v) is 5.33. The molecule has 3 amide bonds. The number of imide groups is 1. The second-order valence-electron chi connectivity index (χ2n) is 7.66. The number of hydrogen-bond acceptors (Lipinski definition) is 7. The average Bonchev–Trinajstić information content (AvgIpc) is 3.14. The van der Waals surface area contributed by atoms with Gasteiger partial charge in [0.05, 0.1) is 29.7 Å². The number of halogens is 2. The van der Waals surface area contributed by atoms with Crippen LogP contribution in [0.3, 0.4) is 0 Å². The van der Waals surface area contributed by atoms with Gasteiger partial charge in [0.15, 0.2) is 11.5 Å². The van der Waals surface area contributed by atoms with Crippen LogP contribution in [-0.4, -0.2) is 66.8 Å². The van der Waals surface area contributed by atoms with E-state index in [1.165, 1.54) is 7.11 Å². The number of rotatable bonds is 7. The molecule has 0 bridgehead atoms. The Bertz CT molecular complexity index is 1170. The van der Waals surface area contributed by atoms with Crippen molar-refractivity contribution >= 4 is 66.8 Å². The Kier molecular flexibility index (Phi) is 8.53. The normalized spacial score (nSPS) is 17.3. The van der Waals surface area contributed by atoms with E-state index in [1.807, 2.05) is 30.3 Å². The predicted octanol–water partition coefficient (Wildman–Crippen LogP) is 4.69. The summed E-state index contributed by atoms with van der Waals surface area (Å²) in [4.78, 5) is 40.8. The highest BCUT2D eigenvalue weighted by molar-refractivity contribution is 9.13. The molecule has 4 rings (SSSR count). The lowest BCUT2D eigenvalue weighted by Crippen LogP contribution is -2.46. The number of carbonyl (C=O) groups is 3. The van der Waals surface area contributed by atoms with Gasteiger partial charge in [0.25, 0.3) is 11.1 Å². The van der Waals surface area contributed by atoms with Crippen LogP contribution in [0, 0.1) is 0 Å². The summed E-state index contributed by atoms with van der Waals surface area (Å²) in [6.45, 7) is 1.85. The molecule has 2 aliphatic heterocycles. The SMILES string of the molecule is COc1cc(/C=C2\SC(=O)N(CC(=O)N3CCOCC3)C2=O)c(Br)c(Br)c1OCc1ccccc1. The van der Waals surface area contributed by atoms with Crippen molar-refractivity contribution in [3.05, 3.63) is 61.4 Å². The highest BCUT2D eigenvalue weighted by Gasteiger charge is 2.37. The van der Waals surface area contributed by atoms with Gasteiger partial charge in [-0.15, -0.1) is 0 Å². The Balaban J connectivity index is 1.53. The number of amides is 3. The first-order chi connectivity index (χ1) is 16.9. The third-order valence-corrected chi connectivity index (χ3v) is 8.47. The van der Waals surface area contributed by atoms with Crippen LogP contribution in [0.2, 0.25) is 0 Å². The summed E-state index contributed by atoms with van der Waals surface area (Å²) in [7, 11) is 1.53. The van der Waals surface area contributed by atoms with Crippen molar-refractivity contribution in [3.63, 3.8) is 0 Å². The van der Waals surface area contributed by atoms with E-state index in [0.717, 1.165) is 22.2 Å². The molecule has 11 heteroatoms. The van der Waals surface area contributed by atoms with E-state index in [0.29, 0.717) is 58.9 Å². The lowest BCUT2D eigenvalue weighted by atomic mass is 10.1. The molecule has 0 N–H and O–H groups in total. The van der Waals surface area contributed by atoms with Crippen molar-refractivity contribution in [3.8, 4) is 11.5 Å². The molecule has 2 aliphatic rings. The maximum Gasteiger partial charge on any atom is 0.294 e. The average molecular weight is 626 g/mol. The Morgan fingerprint density at radius 1 is 1.14 bits per heavy atom. The summed E-state index contributed by atoms with van der Waals surface area (Å²) in [6, 6.07) is 11.5. The van der Waals surface area contributed by atoms with Crippen molar-refractivity contribution < 1.29 is 28.6 Å². The first kappa shape index (κ1) is 25.7. The second kappa shape index (κ2) is 11.6. The van der Waals surface area contributed by atoms with Gasteiger partial charge in [0.2, 0.25) is 5.91 Å². The van der Waals surface area contributed by atoms with E-state index in [4.69, 9.17) is 14.2 Å². The molecule has 0 radical (unpaired) electrons. The third kappa shape index (κ3) is 5.91. The van der Waals surface area contributed by atoms with Crippen LogP contribution in [0.4, 0.5) is 4.79 Å². The second-order valence-corrected chi connectivity index (χ2v) is 10.2. The van der Waals surface area contributed by atoms with Crippen LogP contribution >= 0.6 is 43.6 Å². The van der Waals surface area contributed by atoms with Crippen LogP contribution < -0.4 is 9.47 Å². The van der Waals surface area contributed by atoms with Crippen molar-refractivity contribution in [2.75, 3.05) is 40.0 Å². The van der Waals surface area contributed by atoms with Crippen LogP contribution in [0.15, 0.2) is 50.2 Å². The Morgan fingerprint density at radius 2 is 1.86 bits per heavy atom. The number of benzene rings is 2. The fraction of sp³-hybridized carbons (Fsp3) is 0.292. The maximum atomic E-state index is 13.0. The summed E-state index contributed by atoms with van der Waals surface area (Å²) < 4.78 is 18.0. The van der Waals surface area contributed by atoms with Crippen LogP contribution in [-0.2, 0) is 20.9 Å². The van der Waals surface area contributed by atoms with Gasteiger partial charge in [0, 0.05) is 17.6 Å². The topological polar surface area (TPSA) is 85.4 Å². The lowest BCUT2D eigenvalue weighted by Gasteiger charge is -2.28. The van der Waals surface area contributed by atoms with E-state index in [9.17, 15) is 14.4 Å². The van der Waals surface area contributed by atoms with Crippen LogP contribution in [0.5, 0.6) is 11.5 Å². The van der Waals surface area contributed by atoms with Crippen LogP contribution in [0.1, 0.15) is 11.1 Å². The summed E-state index contributed by atoms with van der Waals surface area (Å²) in [5.74, 6) is 0.184. The molecule has 2 saturated heterocycles. The highest BCUT2D eigenvalue weighted by atomic mass is 79.9. The highest BCUT2D eigenvalue weighted by Crippen LogP contribution is 2.44. The molecule has 2 aromatic rings. The molecular formula is C24H22Br2N2O6S. The first-order valence-corrected chi connectivity index (χ1v) is 13.1. The van der Waals surface area contributed by atoms with Gasteiger partial charge in [-0.1, -0.05) is 30.3 Å². The zero-order valence-electron chi connectivity index (χ0n) is 18.8. The molecule has 0 atom stereocenters. The number of hydrogen-bond donors (Lipinski definition) is 0. The first-order valence-electron chi connectivity index (χ1n) is 10.7.